The monoisotopic (exact) mass is 262 g/mol. The van der Waals surface area contributed by atoms with Crippen LogP contribution in [0.5, 0.6) is 16.7 Å². The third kappa shape index (κ3) is 2.84. The van der Waals surface area contributed by atoms with Crippen molar-refractivity contribution < 1.29 is 23.0 Å². The molecule has 0 atom stereocenters. The first-order valence-corrected chi connectivity index (χ1v) is 5.14. The SMILES string of the molecule is Oc1cccc(Oc2nnc(C(F)(F)F)s2)c1. The van der Waals surface area contributed by atoms with Crippen molar-refractivity contribution >= 4 is 11.3 Å². The van der Waals surface area contributed by atoms with Crippen LogP contribution in [0.4, 0.5) is 13.2 Å². The summed E-state index contributed by atoms with van der Waals surface area (Å²) >= 11 is 0.289. The van der Waals surface area contributed by atoms with E-state index in [0.717, 1.165) is 0 Å². The van der Waals surface area contributed by atoms with Crippen LogP contribution in [0.15, 0.2) is 24.3 Å². The largest absolute Gasteiger partial charge is 0.508 e. The summed E-state index contributed by atoms with van der Waals surface area (Å²) < 4.78 is 41.7. The van der Waals surface area contributed by atoms with Crippen LogP contribution in [0.25, 0.3) is 0 Å². The van der Waals surface area contributed by atoms with E-state index in [-0.39, 0.29) is 28.0 Å². The normalized spacial score (nSPS) is 11.5. The fraction of sp³-hybridized carbons (Fsp3) is 0.111. The number of benzene rings is 1. The molecule has 1 aromatic carbocycles. The highest BCUT2D eigenvalue weighted by atomic mass is 32.1. The maximum Gasteiger partial charge on any atom is 0.445 e. The Bertz CT molecular complexity index is 527. The molecule has 0 bridgehead atoms. The highest BCUT2D eigenvalue weighted by molar-refractivity contribution is 7.13. The molecule has 1 heterocycles. The van der Waals surface area contributed by atoms with E-state index in [0.29, 0.717) is 0 Å². The molecule has 0 spiro atoms. The fourth-order valence-electron chi connectivity index (χ4n) is 1.01. The third-order valence-corrected chi connectivity index (χ3v) is 2.52. The van der Waals surface area contributed by atoms with Crippen LogP contribution >= 0.6 is 11.3 Å². The number of hydrogen-bond donors (Lipinski definition) is 1. The first-order chi connectivity index (χ1) is 7.95. The number of alkyl halides is 3. The predicted octanol–water partition coefficient (Wildman–Crippen LogP) is 3.05. The van der Waals surface area contributed by atoms with Crippen LogP contribution < -0.4 is 4.74 Å². The van der Waals surface area contributed by atoms with Crippen molar-refractivity contribution in [1.29, 1.82) is 0 Å². The van der Waals surface area contributed by atoms with Gasteiger partial charge >= 0.3 is 6.18 Å². The molecule has 0 aliphatic rings. The Labute approximate surface area is 97.3 Å². The van der Waals surface area contributed by atoms with Crippen molar-refractivity contribution in [2.45, 2.75) is 6.18 Å². The highest BCUT2D eigenvalue weighted by Gasteiger charge is 2.36. The third-order valence-electron chi connectivity index (χ3n) is 1.67. The number of nitrogens with zero attached hydrogens (tertiary/aromatic N) is 2. The van der Waals surface area contributed by atoms with E-state index in [1.54, 1.807) is 0 Å². The average Bonchev–Trinajstić information content (AvgIpc) is 2.65. The van der Waals surface area contributed by atoms with Crippen molar-refractivity contribution in [3.8, 4) is 16.7 Å². The van der Waals surface area contributed by atoms with Gasteiger partial charge in [0, 0.05) is 6.07 Å². The fourth-order valence-corrected chi connectivity index (χ4v) is 1.60. The van der Waals surface area contributed by atoms with E-state index in [4.69, 9.17) is 9.84 Å². The van der Waals surface area contributed by atoms with Gasteiger partial charge in [0.1, 0.15) is 11.5 Å². The van der Waals surface area contributed by atoms with Gasteiger partial charge in [0.15, 0.2) is 0 Å². The van der Waals surface area contributed by atoms with E-state index < -0.39 is 11.2 Å². The number of rotatable bonds is 2. The van der Waals surface area contributed by atoms with Crippen LogP contribution in [0, 0.1) is 0 Å². The number of aromatic hydroxyl groups is 1. The molecular formula is C9H5F3N2O2S. The maximum atomic E-state index is 12.2. The van der Waals surface area contributed by atoms with E-state index in [1.807, 2.05) is 0 Å². The topological polar surface area (TPSA) is 55.2 Å². The Hall–Kier alpha value is -1.83. The smallest absolute Gasteiger partial charge is 0.445 e. The van der Waals surface area contributed by atoms with Gasteiger partial charge in [0.05, 0.1) is 0 Å². The molecule has 17 heavy (non-hydrogen) atoms. The summed E-state index contributed by atoms with van der Waals surface area (Å²) in [5.74, 6) is 0.137. The highest BCUT2D eigenvalue weighted by Crippen LogP contribution is 2.35. The van der Waals surface area contributed by atoms with E-state index in [1.165, 1.54) is 24.3 Å². The van der Waals surface area contributed by atoms with Crippen LogP contribution in [-0.4, -0.2) is 15.3 Å². The minimum Gasteiger partial charge on any atom is -0.508 e. The lowest BCUT2D eigenvalue weighted by atomic mass is 10.3. The van der Waals surface area contributed by atoms with Crippen molar-refractivity contribution in [2.75, 3.05) is 0 Å². The summed E-state index contributed by atoms with van der Waals surface area (Å²) in [4.78, 5) is 0. The summed E-state index contributed by atoms with van der Waals surface area (Å²) in [7, 11) is 0. The van der Waals surface area contributed by atoms with Crippen molar-refractivity contribution in [1.82, 2.24) is 10.2 Å². The van der Waals surface area contributed by atoms with Gasteiger partial charge in [0.2, 0.25) is 5.01 Å². The van der Waals surface area contributed by atoms with Crippen LogP contribution in [0.3, 0.4) is 0 Å². The number of hydrogen-bond acceptors (Lipinski definition) is 5. The van der Waals surface area contributed by atoms with E-state index >= 15 is 0 Å². The number of phenols is 1. The van der Waals surface area contributed by atoms with Gasteiger partial charge in [-0.2, -0.15) is 13.2 Å². The zero-order valence-corrected chi connectivity index (χ0v) is 8.92. The second-order valence-corrected chi connectivity index (χ2v) is 3.91. The van der Waals surface area contributed by atoms with Crippen LogP contribution in [0.2, 0.25) is 0 Å². The molecule has 1 N–H and O–H groups in total. The lowest BCUT2D eigenvalue weighted by Gasteiger charge is -2.00. The summed E-state index contributed by atoms with van der Waals surface area (Å²) in [6.07, 6.45) is -4.53. The molecule has 2 rings (SSSR count). The van der Waals surface area contributed by atoms with Gasteiger partial charge in [-0.25, -0.2) is 0 Å². The maximum absolute atomic E-state index is 12.2. The minimum absolute atomic E-state index is 0.0527. The summed E-state index contributed by atoms with van der Waals surface area (Å²) in [5.41, 5.74) is 0. The van der Waals surface area contributed by atoms with Gasteiger partial charge in [-0.05, 0) is 12.1 Å². The summed E-state index contributed by atoms with van der Waals surface area (Å²) in [6, 6.07) is 5.65. The van der Waals surface area contributed by atoms with E-state index in [9.17, 15) is 13.2 Å². The van der Waals surface area contributed by atoms with E-state index in [2.05, 4.69) is 10.2 Å². The summed E-state index contributed by atoms with van der Waals surface area (Å²) in [5, 5.41) is 14.0. The zero-order chi connectivity index (χ0) is 12.5. The Kier molecular flexibility index (Phi) is 2.88. The van der Waals surface area contributed by atoms with Gasteiger partial charge in [-0.3, -0.25) is 0 Å². The molecule has 90 valence electrons. The Morgan fingerprint density at radius 1 is 1.24 bits per heavy atom. The predicted molar refractivity (Wildman–Crippen MR) is 53.1 cm³/mol. The number of halogens is 3. The van der Waals surface area contributed by atoms with Crippen LogP contribution in [0.1, 0.15) is 5.01 Å². The molecule has 4 nitrogen and oxygen atoms in total. The Morgan fingerprint density at radius 2 is 2.00 bits per heavy atom. The Morgan fingerprint density at radius 3 is 2.59 bits per heavy atom. The minimum atomic E-state index is -4.53. The molecular weight excluding hydrogens is 257 g/mol. The first-order valence-electron chi connectivity index (χ1n) is 4.33. The number of phenolic OH excluding ortho intramolecular Hbond substituents is 1. The quantitative estimate of drug-likeness (QED) is 0.903. The molecule has 0 fully saturated rings. The second kappa shape index (κ2) is 4.21. The molecule has 0 aliphatic carbocycles. The lowest BCUT2D eigenvalue weighted by Crippen LogP contribution is -2.03. The molecule has 0 aliphatic heterocycles. The first kappa shape index (κ1) is 11.6. The Balaban J connectivity index is 2.17. The van der Waals surface area contributed by atoms with Crippen LogP contribution in [-0.2, 0) is 6.18 Å². The average molecular weight is 262 g/mol. The molecule has 0 saturated carbocycles. The molecule has 0 unspecified atom stereocenters. The van der Waals surface area contributed by atoms with Gasteiger partial charge in [0.25, 0.3) is 5.19 Å². The molecule has 8 heteroatoms. The molecule has 1 aromatic heterocycles. The molecule has 0 amide bonds. The van der Waals surface area contributed by atoms with Gasteiger partial charge in [-0.1, -0.05) is 22.5 Å². The molecule has 0 radical (unpaired) electrons. The summed E-state index contributed by atoms with van der Waals surface area (Å²) in [6.45, 7) is 0. The van der Waals surface area contributed by atoms with Crippen molar-refractivity contribution in [3.05, 3.63) is 29.3 Å². The number of aromatic nitrogens is 2. The van der Waals surface area contributed by atoms with Crippen molar-refractivity contribution in [3.63, 3.8) is 0 Å². The molecule has 0 saturated heterocycles. The van der Waals surface area contributed by atoms with Gasteiger partial charge in [-0.15, -0.1) is 5.10 Å². The lowest BCUT2D eigenvalue weighted by molar-refractivity contribution is -0.138. The standard InChI is InChI=1S/C9H5F3N2O2S/c10-9(11,12)7-13-14-8(17-7)16-6-3-1-2-5(15)4-6/h1-4,15H. The van der Waals surface area contributed by atoms with Crippen molar-refractivity contribution in [2.24, 2.45) is 0 Å². The number of ether oxygens (including phenoxy) is 1. The zero-order valence-electron chi connectivity index (χ0n) is 8.10. The van der Waals surface area contributed by atoms with Gasteiger partial charge < -0.3 is 9.84 Å². The second-order valence-electron chi connectivity index (χ2n) is 2.97. The molecule has 2 aromatic rings.